The average Bonchev–Trinajstić information content (AvgIpc) is 3.35. The fourth-order valence-electron chi connectivity index (χ4n) is 5.07. The van der Waals surface area contributed by atoms with Crippen molar-refractivity contribution in [2.45, 2.75) is 76.2 Å². The Labute approximate surface area is 234 Å². The Balaban J connectivity index is 2.13. The van der Waals surface area contributed by atoms with Gasteiger partial charge >= 0.3 is 5.97 Å². The number of carboxylic acid groups (broad SMARTS) is 1. The predicted molar refractivity (Wildman–Crippen MR) is 146 cm³/mol. The molecule has 1 aliphatic carbocycles. The Kier molecular flexibility index (Phi) is 12.8. The number of carbonyl (C=O) groups is 3. The van der Waals surface area contributed by atoms with E-state index < -0.39 is 57.5 Å². The number of aromatic hydroxyl groups is 1. The number of nitrogens with one attached hydrogen (secondary N) is 3. The standard InChI is InChI=1S/C26H42N4O9S/c1-40(38,39)30-20(6-2-5-13-27)22(32)28-16-18(23(33)34)15-26(11-3-4-12-26)25(37)29-21(24(35)36)14-17-7-9-19(31)10-8-17/h7-10,18,20-21,24,30-31,35-36H,2-6,11-16,27H2,1H3,(H,28,32)(H,29,37)(H,33,34)/t18-,20-,21-/m0/s1. The maximum Gasteiger partial charge on any atom is 0.308 e. The number of aliphatic hydroxyl groups is 2. The van der Waals surface area contributed by atoms with Gasteiger partial charge in [-0.25, -0.2) is 13.1 Å². The van der Waals surface area contributed by atoms with Gasteiger partial charge in [-0.1, -0.05) is 31.4 Å². The first-order chi connectivity index (χ1) is 18.8. The van der Waals surface area contributed by atoms with E-state index in [0.717, 1.165) is 6.26 Å². The molecular weight excluding hydrogens is 544 g/mol. The number of sulfonamides is 1. The van der Waals surface area contributed by atoms with Crippen LogP contribution >= 0.6 is 0 Å². The highest BCUT2D eigenvalue weighted by atomic mass is 32.2. The van der Waals surface area contributed by atoms with Crippen LogP contribution in [0.2, 0.25) is 0 Å². The Morgan fingerprint density at radius 2 is 1.70 bits per heavy atom. The monoisotopic (exact) mass is 586 g/mol. The minimum absolute atomic E-state index is 0.0413. The number of rotatable bonds is 17. The first-order valence-electron chi connectivity index (χ1n) is 13.4. The van der Waals surface area contributed by atoms with E-state index in [1.807, 2.05) is 0 Å². The number of phenols is 1. The van der Waals surface area contributed by atoms with Gasteiger partial charge in [0, 0.05) is 6.54 Å². The van der Waals surface area contributed by atoms with Crippen LogP contribution in [0, 0.1) is 11.3 Å². The normalized spacial score (nSPS) is 17.2. The van der Waals surface area contributed by atoms with E-state index in [-0.39, 0.29) is 31.6 Å². The number of aliphatic hydroxyl groups excluding tert-OH is 1. The van der Waals surface area contributed by atoms with Gasteiger partial charge < -0.3 is 36.8 Å². The molecule has 9 N–H and O–H groups in total. The molecular formula is C26H42N4O9S. The Hall–Kier alpha value is -2.78. The molecule has 40 heavy (non-hydrogen) atoms. The number of carboxylic acids is 1. The first kappa shape index (κ1) is 33.4. The summed E-state index contributed by atoms with van der Waals surface area (Å²) in [6, 6.07) is 3.90. The van der Waals surface area contributed by atoms with Gasteiger partial charge in [0.2, 0.25) is 21.8 Å². The smallest absolute Gasteiger partial charge is 0.308 e. The SMILES string of the molecule is CS(=O)(=O)N[C@@H](CCCCN)C(=O)NC[C@H](CC1(C(=O)N[C@@H](Cc2ccc(O)cc2)C(O)O)CCCC1)C(=O)O. The summed E-state index contributed by atoms with van der Waals surface area (Å²) in [5.41, 5.74) is 5.03. The molecule has 0 saturated heterocycles. The largest absolute Gasteiger partial charge is 0.508 e. The Morgan fingerprint density at radius 3 is 2.23 bits per heavy atom. The number of phenolic OH excluding ortho intramolecular Hbond substituents is 1. The summed E-state index contributed by atoms with van der Waals surface area (Å²) in [4.78, 5) is 38.5. The number of carbonyl (C=O) groups excluding carboxylic acids is 2. The lowest BCUT2D eigenvalue weighted by molar-refractivity contribution is -0.145. The van der Waals surface area contributed by atoms with Crippen molar-refractivity contribution in [3.05, 3.63) is 29.8 Å². The maximum atomic E-state index is 13.5. The maximum absolute atomic E-state index is 13.5. The van der Waals surface area contributed by atoms with Crippen molar-refractivity contribution in [1.82, 2.24) is 15.4 Å². The van der Waals surface area contributed by atoms with E-state index in [2.05, 4.69) is 15.4 Å². The molecule has 13 nitrogen and oxygen atoms in total. The zero-order valence-corrected chi connectivity index (χ0v) is 23.5. The van der Waals surface area contributed by atoms with Gasteiger partial charge in [0.15, 0.2) is 6.29 Å². The van der Waals surface area contributed by atoms with Crippen molar-refractivity contribution in [3.63, 3.8) is 0 Å². The zero-order valence-electron chi connectivity index (χ0n) is 22.7. The lowest BCUT2D eigenvalue weighted by atomic mass is 9.76. The van der Waals surface area contributed by atoms with Crippen LogP contribution in [-0.2, 0) is 30.8 Å². The van der Waals surface area contributed by atoms with E-state index in [1.54, 1.807) is 12.1 Å². The Morgan fingerprint density at radius 1 is 1.07 bits per heavy atom. The minimum atomic E-state index is -3.71. The van der Waals surface area contributed by atoms with Crippen LogP contribution in [0.4, 0.5) is 0 Å². The molecule has 0 aliphatic heterocycles. The quantitative estimate of drug-likeness (QED) is 0.0865. The summed E-state index contributed by atoms with van der Waals surface area (Å²) in [6.45, 7) is 0.0587. The highest BCUT2D eigenvalue weighted by Gasteiger charge is 2.45. The lowest BCUT2D eigenvalue weighted by Gasteiger charge is -2.33. The van der Waals surface area contributed by atoms with E-state index in [9.17, 15) is 43.2 Å². The molecule has 1 saturated carbocycles. The van der Waals surface area contributed by atoms with Crippen LogP contribution in [0.5, 0.6) is 5.75 Å². The van der Waals surface area contributed by atoms with Crippen LogP contribution in [0.1, 0.15) is 56.9 Å². The van der Waals surface area contributed by atoms with Crippen molar-refractivity contribution in [3.8, 4) is 5.75 Å². The van der Waals surface area contributed by atoms with Crippen molar-refractivity contribution in [1.29, 1.82) is 0 Å². The van der Waals surface area contributed by atoms with Crippen molar-refractivity contribution < 1.29 is 43.2 Å². The van der Waals surface area contributed by atoms with Crippen LogP contribution in [0.25, 0.3) is 0 Å². The second kappa shape index (κ2) is 15.3. The van der Waals surface area contributed by atoms with Crippen molar-refractivity contribution in [2.75, 3.05) is 19.3 Å². The van der Waals surface area contributed by atoms with Gasteiger partial charge in [-0.15, -0.1) is 0 Å². The number of unbranched alkanes of at least 4 members (excludes halogenated alkanes) is 1. The molecule has 0 heterocycles. The number of hydrogen-bond donors (Lipinski definition) is 8. The third-order valence-corrected chi connectivity index (χ3v) is 7.95. The number of amides is 2. The molecule has 1 aliphatic rings. The second-order valence-electron chi connectivity index (χ2n) is 10.6. The molecule has 1 aromatic rings. The second-order valence-corrected chi connectivity index (χ2v) is 12.3. The van der Waals surface area contributed by atoms with Crippen LogP contribution in [-0.4, -0.2) is 84.3 Å². The van der Waals surface area contributed by atoms with Gasteiger partial charge in [-0.2, -0.15) is 0 Å². The summed E-state index contributed by atoms with van der Waals surface area (Å²) < 4.78 is 25.7. The Bertz CT molecular complexity index is 1090. The zero-order chi connectivity index (χ0) is 29.9. The number of nitrogens with two attached hydrogens (primary N) is 1. The molecule has 0 bridgehead atoms. The van der Waals surface area contributed by atoms with E-state index >= 15 is 0 Å². The van der Waals surface area contributed by atoms with Gasteiger partial charge in [-0.05, 0) is 62.8 Å². The molecule has 3 atom stereocenters. The summed E-state index contributed by atoms with van der Waals surface area (Å²) in [6.07, 6.45) is 2.41. The number of aliphatic carboxylic acids is 1. The van der Waals surface area contributed by atoms with Gasteiger partial charge in [0.05, 0.1) is 23.6 Å². The molecule has 2 rings (SSSR count). The summed E-state index contributed by atoms with van der Waals surface area (Å²) in [5.74, 6) is -3.50. The van der Waals surface area contributed by atoms with Gasteiger partial charge in [-0.3, -0.25) is 14.4 Å². The number of hydrogen-bond acceptors (Lipinski definition) is 9. The molecule has 0 aromatic heterocycles. The molecule has 2 amide bonds. The molecule has 0 radical (unpaired) electrons. The van der Waals surface area contributed by atoms with Gasteiger partial charge in [0.25, 0.3) is 0 Å². The molecule has 0 spiro atoms. The van der Waals surface area contributed by atoms with Crippen LogP contribution in [0.3, 0.4) is 0 Å². The topological polar surface area (TPSA) is 228 Å². The highest BCUT2D eigenvalue weighted by Crippen LogP contribution is 2.43. The third kappa shape index (κ3) is 10.7. The average molecular weight is 587 g/mol. The van der Waals surface area contributed by atoms with Crippen LogP contribution in [0.15, 0.2) is 24.3 Å². The fourth-order valence-corrected chi connectivity index (χ4v) is 5.82. The van der Waals surface area contributed by atoms with Crippen molar-refractivity contribution in [2.24, 2.45) is 17.1 Å². The lowest BCUT2D eigenvalue weighted by Crippen LogP contribution is -2.52. The molecule has 0 unspecified atom stereocenters. The van der Waals surface area contributed by atoms with Crippen LogP contribution < -0.4 is 21.1 Å². The third-order valence-electron chi connectivity index (χ3n) is 7.24. The van der Waals surface area contributed by atoms with E-state index in [1.165, 1.54) is 12.1 Å². The fraction of sp³-hybridized carbons (Fsp3) is 0.654. The highest BCUT2D eigenvalue weighted by molar-refractivity contribution is 7.88. The summed E-state index contributed by atoms with van der Waals surface area (Å²) >= 11 is 0. The summed E-state index contributed by atoms with van der Waals surface area (Å²) in [5, 5.41) is 44.5. The van der Waals surface area contributed by atoms with Gasteiger partial charge in [0.1, 0.15) is 11.8 Å². The molecule has 1 fully saturated rings. The van der Waals surface area contributed by atoms with E-state index in [4.69, 9.17) is 5.73 Å². The predicted octanol–water partition coefficient (Wildman–Crippen LogP) is -0.455. The molecule has 1 aromatic carbocycles. The minimum Gasteiger partial charge on any atom is -0.508 e. The molecule has 226 valence electrons. The first-order valence-corrected chi connectivity index (χ1v) is 15.3. The summed E-state index contributed by atoms with van der Waals surface area (Å²) in [7, 11) is -3.71. The number of benzene rings is 1. The van der Waals surface area contributed by atoms with Crippen molar-refractivity contribution >= 4 is 27.8 Å². The molecule has 14 heteroatoms. The van der Waals surface area contributed by atoms with E-state index in [0.29, 0.717) is 50.6 Å².